The first-order valence-corrected chi connectivity index (χ1v) is 6.77. The van der Waals surface area contributed by atoms with Crippen molar-refractivity contribution in [2.45, 2.75) is 0 Å². The molecule has 0 saturated heterocycles. The molecule has 0 radical (unpaired) electrons. The predicted molar refractivity (Wildman–Crippen MR) is 87.2 cm³/mol. The van der Waals surface area contributed by atoms with Crippen LogP contribution in [0.3, 0.4) is 0 Å². The summed E-state index contributed by atoms with van der Waals surface area (Å²) in [5, 5.41) is 3.08. The van der Waals surface area contributed by atoms with E-state index in [9.17, 15) is 4.39 Å². The fourth-order valence-corrected chi connectivity index (χ4v) is 1.90. The van der Waals surface area contributed by atoms with Gasteiger partial charge in [-0.2, -0.15) is 0 Å². The summed E-state index contributed by atoms with van der Waals surface area (Å²) in [6.45, 7) is -0.499. The van der Waals surface area contributed by atoms with Crippen LogP contribution in [-0.4, -0.2) is 20.3 Å². The molecule has 0 heterocycles. The Balaban J connectivity index is 2.07. The summed E-state index contributed by atoms with van der Waals surface area (Å²) < 4.78 is 17.3. The van der Waals surface area contributed by atoms with Gasteiger partial charge in [-0.1, -0.05) is 30.4 Å². The number of nitrogens with one attached hydrogen (secondary N) is 1. The van der Waals surface area contributed by atoms with Crippen LogP contribution >= 0.6 is 0 Å². The van der Waals surface area contributed by atoms with Crippen molar-refractivity contribution in [2.75, 3.05) is 31.4 Å². The van der Waals surface area contributed by atoms with Gasteiger partial charge in [-0.25, -0.2) is 4.39 Å². The molecule has 0 bridgehead atoms. The normalized spacial score (nSPS) is 10.8. The highest BCUT2D eigenvalue weighted by atomic mass is 18.2. The fraction of sp³-hybridized carbons (Fsp3) is 0.176. The average Bonchev–Trinajstić information content (AvgIpc) is 2.52. The van der Waals surface area contributed by atoms with Crippen LogP contribution < -0.4 is 15.8 Å². The van der Waals surface area contributed by atoms with Gasteiger partial charge in [-0.15, -0.1) is 0 Å². The third-order valence-electron chi connectivity index (χ3n) is 3.04. The van der Waals surface area contributed by atoms with Gasteiger partial charge in [0.15, 0.2) is 0 Å². The molecule has 0 fully saturated rings. The quantitative estimate of drug-likeness (QED) is 0.626. The number of anilines is 2. The molecular weight excluding hydrogens is 266 g/mol. The van der Waals surface area contributed by atoms with E-state index in [1.165, 1.54) is 0 Å². The summed E-state index contributed by atoms with van der Waals surface area (Å²) in [7, 11) is 1.89. The second kappa shape index (κ2) is 7.33. The molecule has 0 aliphatic heterocycles. The second-order valence-corrected chi connectivity index (χ2v) is 4.54. The number of halogens is 1. The lowest BCUT2D eigenvalue weighted by atomic mass is 10.1. The van der Waals surface area contributed by atoms with E-state index in [4.69, 9.17) is 10.5 Å². The molecule has 0 saturated carbocycles. The highest BCUT2D eigenvalue weighted by Crippen LogP contribution is 2.23. The monoisotopic (exact) mass is 285 g/mol. The number of hydrogen-bond donors (Lipinski definition) is 2. The van der Waals surface area contributed by atoms with Crippen molar-refractivity contribution in [3.8, 4) is 5.75 Å². The van der Waals surface area contributed by atoms with Gasteiger partial charge >= 0.3 is 0 Å². The van der Waals surface area contributed by atoms with Crippen LogP contribution in [0, 0.1) is 0 Å². The highest BCUT2D eigenvalue weighted by Gasteiger charge is 2.00. The van der Waals surface area contributed by atoms with Gasteiger partial charge in [0.25, 0.3) is 0 Å². The van der Waals surface area contributed by atoms with Crippen molar-refractivity contribution < 1.29 is 9.13 Å². The molecule has 4 heteroatoms. The summed E-state index contributed by atoms with van der Waals surface area (Å²) in [5.74, 6) is 0.517. The van der Waals surface area contributed by atoms with E-state index < -0.39 is 6.67 Å². The zero-order valence-corrected chi connectivity index (χ0v) is 12.0. The van der Waals surface area contributed by atoms with Crippen LogP contribution in [0.25, 0.3) is 12.2 Å². The third kappa shape index (κ3) is 4.24. The standard InChI is InChI=1S/C17H19FN2O/c1-20-15-7-4-13(5-8-15)2-3-14-6-9-17(16(19)12-14)21-11-10-18/h2-9,12,20H,10-11,19H2,1H3/b3-2+/i18-1. The molecular formula is C17H19FN2O. The van der Waals surface area contributed by atoms with Crippen LogP contribution in [0.1, 0.15) is 11.1 Å². The summed E-state index contributed by atoms with van der Waals surface area (Å²) in [4.78, 5) is 0. The Morgan fingerprint density at radius 1 is 1.10 bits per heavy atom. The van der Waals surface area contributed by atoms with Crippen LogP contribution in [0.2, 0.25) is 0 Å². The number of benzene rings is 2. The molecule has 0 atom stereocenters. The number of nitrogen functional groups attached to an aromatic ring is 1. The molecule has 0 aromatic heterocycles. The maximum Gasteiger partial charge on any atom is 0.142 e. The zero-order chi connectivity index (χ0) is 15.1. The van der Waals surface area contributed by atoms with E-state index in [-0.39, 0.29) is 6.61 Å². The minimum atomic E-state index is -0.524. The van der Waals surface area contributed by atoms with E-state index in [0.717, 1.165) is 16.8 Å². The number of nitrogens with two attached hydrogens (primary N) is 1. The van der Waals surface area contributed by atoms with Crippen LogP contribution in [-0.2, 0) is 0 Å². The second-order valence-electron chi connectivity index (χ2n) is 4.54. The van der Waals surface area contributed by atoms with Gasteiger partial charge in [0.05, 0.1) is 5.69 Å². The Labute approximate surface area is 124 Å². The van der Waals surface area contributed by atoms with E-state index in [1.807, 2.05) is 55.6 Å². The Hall–Kier alpha value is -2.49. The van der Waals surface area contributed by atoms with E-state index in [0.29, 0.717) is 11.4 Å². The molecule has 3 nitrogen and oxygen atoms in total. The molecule has 0 aliphatic carbocycles. The van der Waals surface area contributed by atoms with E-state index in [2.05, 4.69) is 5.32 Å². The molecule has 3 N–H and O–H groups in total. The molecule has 21 heavy (non-hydrogen) atoms. The average molecular weight is 285 g/mol. The van der Waals surface area contributed by atoms with Gasteiger partial charge in [0, 0.05) is 12.7 Å². The summed E-state index contributed by atoms with van der Waals surface area (Å²) >= 11 is 0. The largest absolute Gasteiger partial charge is 0.489 e. The molecule has 2 rings (SSSR count). The molecule has 0 aliphatic rings. The summed E-state index contributed by atoms with van der Waals surface area (Å²) in [6.07, 6.45) is 3.99. The van der Waals surface area contributed by atoms with Crippen molar-refractivity contribution in [1.29, 1.82) is 0 Å². The Morgan fingerprint density at radius 3 is 2.38 bits per heavy atom. The lowest BCUT2D eigenvalue weighted by molar-refractivity contribution is 0.274. The number of alkyl halides is 1. The van der Waals surface area contributed by atoms with E-state index >= 15 is 0 Å². The molecule has 0 unspecified atom stereocenters. The molecule has 0 spiro atoms. The number of hydrogen-bond acceptors (Lipinski definition) is 3. The first kappa shape index (κ1) is 14.9. The fourth-order valence-electron chi connectivity index (χ4n) is 1.90. The first-order chi connectivity index (χ1) is 10.2. The van der Waals surface area contributed by atoms with Crippen molar-refractivity contribution in [2.24, 2.45) is 0 Å². The van der Waals surface area contributed by atoms with Crippen molar-refractivity contribution in [3.05, 3.63) is 53.6 Å². The lowest BCUT2D eigenvalue weighted by Crippen LogP contribution is -2.01. The Kier molecular flexibility index (Phi) is 5.21. The van der Waals surface area contributed by atoms with Crippen LogP contribution in [0.15, 0.2) is 42.5 Å². The highest BCUT2D eigenvalue weighted by molar-refractivity contribution is 5.73. The third-order valence-corrected chi connectivity index (χ3v) is 3.04. The minimum absolute atomic E-state index is 0.0250. The molecule has 2 aromatic rings. The molecule has 0 amide bonds. The van der Waals surface area contributed by atoms with Gasteiger partial charge in [-0.3, -0.25) is 0 Å². The number of rotatable bonds is 6. The maximum absolute atomic E-state index is 12.1. The first-order valence-electron chi connectivity index (χ1n) is 6.77. The Morgan fingerprint density at radius 2 is 1.76 bits per heavy atom. The maximum atomic E-state index is 12.1. The smallest absolute Gasteiger partial charge is 0.142 e. The van der Waals surface area contributed by atoms with Crippen molar-refractivity contribution in [1.82, 2.24) is 0 Å². The predicted octanol–water partition coefficient (Wildman–Crippen LogP) is 3.83. The molecule has 2 aromatic carbocycles. The SMILES string of the molecule is CNc1ccc(/C=C/c2ccc(OCC[18F])c(N)c2)cc1. The number of ether oxygens (including phenoxy) is 1. The van der Waals surface area contributed by atoms with Gasteiger partial charge in [-0.05, 0) is 35.4 Å². The molecule has 110 valence electrons. The van der Waals surface area contributed by atoms with E-state index in [1.54, 1.807) is 6.07 Å². The van der Waals surface area contributed by atoms with Crippen LogP contribution in [0.4, 0.5) is 15.8 Å². The zero-order valence-electron chi connectivity index (χ0n) is 12.0. The summed E-state index contributed by atoms with van der Waals surface area (Å²) in [6, 6.07) is 13.6. The van der Waals surface area contributed by atoms with Gasteiger partial charge in [0.2, 0.25) is 0 Å². The van der Waals surface area contributed by atoms with Crippen molar-refractivity contribution >= 4 is 23.5 Å². The Bertz CT molecular complexity index is 609. The van der Waals surface area contributed by atoms with Crippen molar-refractivity contribution in [3.63, 3.8) is 0 Å². The summed E-state index contributed by atoms with van der Waals surface area (Å²) in [5.41, 5.74) is 9.54. The van der Waals surface area contributed by atoms with Crippen LogP contribution in [0.5, 0.6) is 5.75 Å². The van der Waals surface area contributed by atoms with Gasteiger partial charge in [0.1, 0.15) is 19.0 Å². The lowest BCUT2D eigenvalue weighted by Gasteiger charge is -2.07. The topological polar surface area (TPSA) is 47.3 Å². The van der Waals surface area contributed by atoms with Gasteiger partial charge < -0.3 is 15.8 Å². The minimum Gasteiger partial charge on any atom is -0.489 e.